The molecule has 0 aromatic heterocycles. The highest BCUT2D eigenvalue weighted by atomic mass is 19.1. The van der Waals surface area contributed by atoms with Crippen molar-refractivity contribution in [2.45, 2.75) is 51.3 Å². The van der Waals surface area contributed by atoms with Crippen LogP contribution in [-0.4, -0.2) is 36.3 Å². The second kappa shape index (κ2) is 6.74. The van der Waals surface area contributed by atoms with Gasteiger partial charge in [-0.3, -0.25) is 0 Å². The fourth-order valence-corrected chi connectivity index (χ4v) is 2.83. The van der Waals surface area contributed by atoms with Gasteiger partial charge in [-0.2, -0.15) is 0 Å². The van der Waals surface area contributed by atoms with E-state index >= 15 is 0 Å². The normalized spacial score (nSPS) is 19.6. The van der Waals surface area contributed by atoms with Crippen LogP contribution in [0, 0.1) is 5.82 Å². The number of methoxy groups -OCH3 is 1. The summed E-state index contributed by atoms with van der Waals surface area (Å²) in [5.41, 5.74) is 6.38. The molecule has 0 aliphatic carbocycles. The monoisotopic (exact) mass is 324 g/mol. The largest absolute Gasteiger partial charge is 0.494 e. The Morgan fingerprint density at radius 2 is 2.13 bits per heavy atom. The van der Waals surface area contributed by atoms with Gasteiger partial charge in [0.05, 0.1) is 19.2 Å². The van der Waals surface area contributed by atoms with E-state index in [1.54, 1.807) is 17.0 Å². The number of benzene rings is 1. The number of hydrogen-bond acceptors (Lipinski definition) is 4. The smallest absolute Gasteiger partial charge is 0.410 e. The van der Waals surface area contributed by atoms with Gasteiger partial charge >= 0.3 is 6.09 Å². The molecule has 1 aromatic rings. The van der Waals surface area contributed by atoms with E-state index in [2.05, 4.69) is 0 Å². The SMILES string of the molecule is COc1ccc([C@H](N)[C@H]2CCCN2C(=O)OC(C)(C)C)cc1F. The second-order valence-electron chi connectivity index (χ2n) is 6.80. The molecule has 2 rings (SSSR count). The zero-order valence-corrected chi connectivity index (χ0v) is 14.1. The fourth-order valence-electron chi connectivity index (χ4n) is 2.83. The Bertz CT molecular complexity index is 571. The molecule has 1 aromatic carbocycles. The van der Waals surface area contributed by atoms with Gasteiger partial charge in [-0.05, 0) is 51.3 Å². The number of rotatable bonds is 3. The van der Waals surface area contributed by atoms with Crippen LogP contribution in [0.5, 0.6) is 5.75 Å². The van der Waals surface area contributed by atoms with Crippen molar-refractivity contribution < 1.29 is 18.7 Å². The van der Waals surface area contributed by atoms with Gasteiger partial charge in [0.25, 0.3) is 0 Å². The summed E-state index contributed by atoms with van der Waals surface area (Å²) in [4.78, 5) is 14.0. The Labute approximate surface area is 136 Å². The molecule has 0 bridgehead atoms. The molecule has 0 saturated carbocycles. The van der Waals surface area contributed by atoms with E-state index in [-0.39, 0.29) is 17.9 Å². The maximum atomic E-state index is 13.9. The summed E-state index contributed by atoms with van der Waals surface area (Å²) in [6.45, 7) is 6.09. The molecule has 1 amide bonds. The first-order chi connectivity index (χ1) is 10.7. The molecule has 1 fully saturated rings. The van der Waals surface area contributed by atoms with Crippen molar-refractivity contribution in [3.8, 4) is 5.75 Å². The van der Waals surface area contributed by atoms with Crippen LogP contribution in [0.25, 0.3) is 0 Å². The third kappa shape index (κ3) is 4.13. The van der Waals surface area contributed by atoms with Crippen molar-refractivity contribution >= 4 is 6.09 Å². The van der Waals surface area contributed by atoms with Crippen LogP contribution in [0.15, 0.2) is 18.2 Å². The van der Waals surface area contributed by atoms with E-state index in [4.69, 9.17) is 15.2 Å². The molecule has 1 aliphatic heterocycles. The minimum atomic E-state index is -0.555. The van der Waals surface area contributed by atoms with Crippen molar-refractivity contribution in [3.63, 3.8) is 0 Å². The van der Waals surface area contributed by atoms with Crippen molar-refractivity contribution in [1.29, 1.82) is 0 Å². The van der Waals surface area contributed by atoms with Crippen molar-refractivity contribution in [1.82, 2.24) is 4.90 Å². The Balaban J connectivity index is 2.15. The van der Waals surface area contributed by atoms with Gasteiger partial charge in [0.1, 0.15) is 5.60 Å². The number of nitrogens with two attached hydrogens (primary N) is 1. The van der Waals surface area contributed by atoms with Gasteiger partial charge in [0.2, 0.25) is 0 Å². The lowest BCUT2D eigenvalue weighted by molar-refractivity contribution is 0.0206. The van der Waals surface area contributed by atoms with Crippen LogP contribution in [0.4, 0.5) is 9.18 Å². The average molecular weight is 324 g/mol. The maximum Gasteiger partial charge on any atom is 0.410 e. The van der Waals surface area contributed by atoms with Crippen LogP contribution in [0.2, 0.25) is 0 Å². The summed E-state index contributed by atoms with van der Waals surface area (Å²) in [6.07, 6.45) is 1.26. The van der Waals surface area contributed by atoms with Crippen LogP contribution in [0.3, 0.4) is 0 Å². The molecule has 6 heteroatoms. The summed E-state index contributed by atoms with van der Waals surface area (Å²) in [5, 5.41) is 0. The molecule has 0 unspecified atom stereocenters. The van der Waals surface area contributed by atoms with Gasteiger partial charge in [0, 0.05) is 6.54 Å². The second-order valence-corrected chi connectivity index (χ2v) is 6.80. The summed E-state index contributed by atoms with van der Waals surface area (Å²) in [5.74, 6) is -0.279. The Morgan fingerprint density at radius 1 is 1.43 bits per heavy atom. The van der Waals surface area contributed by atoms with E-state index < -0.39 is 17.5 Å². The topological polar surface area (TPSA) is 64.8 Å². The van der Waals surface area contributed by atoms with Crippen molar-refractivity contribution in [2.75, 3.05) is 13.7 Å². The molecular formula is C17H25FN2O3. The lowest BCUT2D eigenvalue weighted by Crippen LogP contribution is -2.44. The van der Waals surface area contributed by atoms with Crippen LogP contribution in [0.1, 0.15) is 45.2 Å². The molecule has 1 saturated heterocycles. The molecule has 2 atom stereocenters. The number of likely N-dealkylation sites (tertiary alicyclic amines) is 1. The summed E-state index contributed by atoms with van der Waals surface area (Å²) < 4.78 is 24.2. The minimum absolute atomic E-state index is 0.177. The third-order valence-corrected chi connectivity index (χ3v) is 3.90. The lowest BCUT2D eigenvalue weighted by atomic mass is 9.98. The molecule has 128 valence electrons. The minimum Gasteiger partial charge on any atom is -0.494 e. The molecule has 0 radical (unpaired) electrons. The number of hydrogen-bond donors (Lipinski definition) is 1. The summed E-state index contributed by atoms with van der Waals surface area (Å²) in [7, 11) is 1.42. The highest BCUT2D eigenvalue weighted by molar-refractivity contribution is 5.69. The van der Waals surface area contributed by atoms with Gasteiger partial charge in [-0.15, -0.1) is 0 Å². The van der Waals surface area contributed by atoms with E-state index in [1.807, 2.05) is 20.8 Å². The van der Waals surface area contributed by atoms with Crippen LogP contribution in [-0.2, 0) is 4.74 Å². The predicted molar refractivity (Wildman–Crippen MR) is 85.8 cm³/mol. The number of halogens is 1. The molecule has 1 heterocycles. The zero-order chi connectivity index (χ0) is 17.2. The fraction of sp³-hybridized carbons (Fsp3) is 0.588. The van der Waals surface area contributed by atoms with E-state index in [1.165, 1.54) is 13.2 Å². The highest BCUT2D eigenvalue weighted by Gasteiger charge is 2.36. The standard InChI is InChI=1S/C17H25FN2O3/c1-17(2,3)23-16(21)20-9-5-6-13(20)15(19)11-7-8-14(22-4)12(18)10-11/h7-8,10,13,15H,5-6,9,19H2,1-4H3/t13-,15+/m1/s1. The predicted octanol–water partition coefficient (Wildman–Crippen LogP) is 3.23. The first-order valence-corrected chi connectivity index (χ1v) is 7.81. The number of nitrogens with zero attached hydrogens (tertiary/aromatic N) is 1. The highest BCUT2D eigenvalue weighted by Crippen LogP contribution is 2.31. The van der Waals surface area contributed by atoms with E-state index in [0.717, 1.165) is 12.8 Å². The summed E-state index contributed by atoms with van der Waals surface area (Å²) in [6, 6.07) is 3.99. The van der Waals surface area contributed by atoms with Crippen LogP contribution >= 0.6 is 0 Å². The first-order valence-electron chi connectivity index (χ1n) is 7.81. The van der Waals surface area contributed by atoms with E-state index in [9.17, 15) is 9.18 Å². The molecule has 2 N–H and O–H groups in total. The van der Waals surface area contributed by atoms with Gasteiger partial charge in [0.15, 0.2) is 11.6 Å². The van der Waals surface area contributed by atoms with Gasteiger partial charge < -0.3 is 20.1 Å². The summed E-state index contributed by atoms with van der Waals surface area (Å²) >= 11 is 0. The Morgan fingerprint density at radius 3 is 2.70 bits per heavy atom. The zero-order valence-electron chi connectivity index (χ0n) is 14.1. The number of carbonyl (C=O) groups is 1. The Hall–Kier alpha value is -1.82. The van der Waals surface area contributed by atoms with Crippen LogP contribution < -0.4 is 10.5 Å². The molecule has 1 aliphatic rings. The van der Waals surface area contributed by atoms with Gasteiger partial charge in [-0.1, -0.05) is 6.07 Å². The molecule has 23 heavy (non-hydrogen) atoms. The van der Waals surface area contributed by atoms with E-state index in [0.29, 0.717) is 12.1 Å². The maximum absolute atomic E-state index is 13.9. The number of ether oxygens (including phenoxy) is 2. The average Bonchev–Trinajstić information content (AvgIpc) is 2.94. The molecular weight excluding hydrogens is 299 g/mol. The number of carbonyl (C=O) groups excluding carboxylic acids is 1. The Kier molecular flexibility index (Phi) is 5.14. The van der Waals surface area contributed by atoms with Gasteiger partial charge in [-0.25, -0.2) is 9.18 Å². The molecule has 5 nitrogen and oxygen atoms in total. The lowest BCUT2D eigenvalue weighted by Gasteiger charge is -2.31. The van der Waals surface area contributed by atoms with Crippen molar-refractivity contribution in [3.05, 3.63) is 29.6 Å². The van der Waals surface area contributed by atoms with Crippen molar-refractivity contribution in [2.24, 2.45) is 5.73 Å². The number of amides is 1. The first kappa shape index (κ1) is 17.5. The quantitative estimate of drug-likeness (QED) is 0.927. The third-order valence-electron chi connectivity index (χ3n) is 3.90. The molecule has 0 spiro atoms.